The number of hydrogen-bond acceptors (Lipinski definition) is 4. The number of carbonyl (C=O) groups is 1. The Balaban J connectivity index is 2.11. The fourth-order valence-electron chi connectivity index (χ4n) is 1.52. The lowest BCUT2D eigenvalue weighted by Gasteiger charge is -2.19. The van der Waals surface area contributed by atoms with Crippen LogP contribution in [0.3, 0.4) is 0 Å². The number of carbonyl (C=O) groups excluding carboxylic acids is 1. The third kappa shape index (κ3) is 0.921. The summed E-state index contributed by atoms with van der Waals surface area (Å²) in [5.74, 6) is 1.02. The maximum Gasteiger partial charge on any atom is 0.259 e. The number of hydrogen-bond donors (Lipinski definition) is 1. The number of rotatable bonds is 0. The van der Waals surface area contributed by atoms with E-state index < -0.39 is 0 Å². The number of aromatic nitrogens is 1. The van der Waals surface area contributed by atoms with E-state index in [1.807, 2.05) is 17.0 Å². The van der Waals surface area contributed by atoms with Crippen LogP contribution in [-0.4, -0.2) is 23.4 Å². The smallest absolute Gasteiger partial charge is 0.259 e. The van der Waals surface area contributed by atoms with Gasteiger partial charge in [-0.15, -0.1) is 0 Å². The molecule has 1 N–H and O–H groups in total. The Morgan fingerprint density at radius 3 is 3.43 bits per heavy atom. The molecule has 5 heteroatoms. The standard InChI is InChI=1S/C9H6N4O/c14-7-3-5-13-8-6(2-1-4-10-8)11-9(13)12-7/h1-2,4H,5H2,(H,11,12,14). The fourth-order valence-corrected chi connectivity index (χ4v) is 1.52. The Hall–Kier alpha value is -1.91. The predicted octanol–water partition coefficient (Wildman–Crippen LogP) is 0.291. The van der Waals surface area contributed by atoms with Gasteiger partial charge in [-0.3, -0.25) is 9.69 Å². The molecule has 0 bridgehead atoms. The molecule has 5 nitrogen and oxygen atoms in total. The van der Waals surface area contributed by atoms with Crippen LogP contribution in [0.15, 0.2) is 23.3 Å². The zero-order chi connectivity index (χ0) is 9.54. The van der Waals surface area contributed by atoms with Crippen LogP contribution in [-0.2, 0) is 4.79 Å². The van der Waals surface area contributed by atoms with Gasteiger partial charge in [-0.05, 0) is 12.1 Å². The molecule has 2 aliphatic heterocycles. The molecule has 3 rings (SSSR count). The number of nitrogens with zero attached hydrogens (tertiary/aromatic N) is 3. The van der Waals surface area contributed by atoms with Crippen molar-refractivity contribution in [1.29, 1.82) is 0 Å². The van der Waals surface area contributed by atoms with Crippen molar-refractivity contribution in [3.63, 3.8) is 0 Å². The second-order valence-electron chi connectivity index (χ2n) is 3.00. The average molecular weight is 186 g/mol. The van der Waals surface area contributed by atoms with Crippen molar-refractivity contribution in [3.05, 3.63) is 24.8 Å². The van der Waals surface area contributed by atoms with E-state index in [0.717, 1.165) is 11.5 Å². The summed E-state index contributed by atoms with van der Waals surface area (Å²) in [6.07, 6.45) is 4.32. The first-order valence-corrected chi connectivity index (χ1v) is 4.21. The lowest BCUT2D eigenvalue weighted by molar-refractivity contribution is -0.114. The average Bonchev–Trinajstić information content (AvgIpc) is 2.54. The number of amides is 1. The SMILES string of the molecule is O=C1[C]CN2C(=N1)Nc1cccnc12. The van der Waals surface area contributed by atoms with E-state index in [2.05, 4.69) is 21.7 Å². The van der Waals surface area contributed by atoms with Gasteiger partial charge in [0.05, 0.1) is 5.69 Å². The number of nitrogens with one attached hydrogen (secondary N) is 1. The Labute approximate surface area is 80.5 Å². The van der Waals surface area contributed by atoms with Gasteiger partial charge in [-0.1, -0.05) is 0 Å². The molecule has 2 radical (unpaired) electrons. The molecule has 3 heterocycles. The van der Waals surface area contributed by atoms with E-state index in [4.69, 9.17) is 0 Å². The van der Waals surface area contributed by atoms with E-state index in [9.17, 15) is 4.79 Å². The molecule has 0 saturated heterocycles. The molecule has 0 spiro atoms. The highest BCUT2D eigenvalue weighted by Crippen LogP contribution is 2.30. The number of fused-ring (bicyclic) bond motifs is 3. The quantitative estimate of drug-likeness (QED) is 0.632. The van der Waals surface area contributed by atoms with Gasteiger partial charge in [0, 0.05) is 12.7 Å². The van der Waals surface area contributed by atoms with E-state index in [-0.39, 0.29) is 5.91 Å². The Kier molecular flexibility index (Phi) is 1.36. The molecule has 68 valence electrons. The summed E-state index contributed by atoms with van der Waals surface area (Å²) in [7, 11) is 0. The minimum absolute atomic E-state index is 0.323. The molecule has 1 amide bonds. The number of anilines is 2. The van der Waals surface area contributed by atoms with Gasteiger partial charge in [0.1, 0.15) is 6.42 Å². The van der Waals surface area contributed by atoms with Gasteiger partial charge >= 0.3 is 0 Å². The van der Waals surface area contributed by atoms with Gasteiger partial charge < -0.3 is 5.32 Å². The summed E-state index contributed by atoms with van der Waals surface area (Å²) in [5, 5.41) is 3.02. The first-order valence-electron chi connectivity index (χ1n) is 4.21. The first kappa shape index (κ1) is 7.49. The zero-order valence-corrected chi connectivity index (χ0v) is 7.19. The minimum Gasteiger partial charge on any atom is -0.322 e. The molecule has 0 unspecified atom stereocenters. The van der Waals surface area contributed by atoms with E-state index >= 15 is 0 Å². The van der Waals surface area contributed by atoms with Crippen molar-refractivity contribution in [2.24, 2.45) is 4.99 Å². The topological polar surface area (TPSA) is 57.6 Å². The first-order chi connectivity index (χ1) is 6.84. The van der Waals surface area contributed by atoms with Crippen LogP contribution in [0.1, 0.15) is 0 Å². The van der Waals surface area contributed by atoms with Crippen LogP contribution in [0.25, 0.3) is 0 Å². The molecule has 2 aliphatic rings. The maximum absolute atomic E-state index is 11.0. The summed E-state index contributed by atoms with van der Waals surface area (Å²) in [4.78, 5) is 20.8. The molecule has 1 aromatic rings. The predicted molar refractivity (Wildman–Crippen MR) is 50.9 cm³/mol. The molecule has 14 heavy (non-hydrogen) atoms. The molecule has 0 saturated carbocycles. The number of aliphatic imine (C=N–C) groups is 1. The minimum atomic E-state index is -0.323. The number of pyridine rings is 1. The van der Waals surface area contributed by atoms with Crippen LogP contribution >= 0.6 is 0 Å². The van der Waals surface area contributed by atoms with Gasteiger partial charge in [0.2, 0.25) is 5.96 Å². The lowest BCUT2D eigenvalue weighted by Crippen LogP contribution is -2.37. The normalized spacial score (nSPS) is 18.4. The third-order valence-corrected chi connectivity index (χ3v) is 2.14. The van der Waals surface area contributed by atoms with Gasteiger partial charge in [-0.2, -0.15) is 4.99 Å². The van der Waals surface area contributed by atoms with Crippen LogP contribution in [0.2, 0.25) is 0 Å². The number of guanidine groups is 1. The highest BCUT2D eigenvalue weighted by molar-refractivity contribution is 6.19. The Bertz CT molecular complexity index is 440. The van der Waals surface area contributed by atoms with Crippen molar-refractivity contribution >= 4 is 23.4 Å². The second-order valence-corrected chi connectivity index (χ2v) is 3.00. The summed E-state index contributed by atoms with van der Waals surface area (Å²) >= 11 is 0. The maximum atomic E-state index is 11.0. The van der Waals surface area contributed by atoms with Gasteiger partial charge in [0.25, 0.3) is 5.91 Å². The highest BCUT2D eigenvalue weighted by atomic mass is 16.1. The van der Waals surface area contributed by atoms with Crippen molar-refractivity contribution < 1.29 is 4.79 Å². The van der Waals surface area contributed by atoms with Crippen molar-refractivity contribution in [2.75, 3.05) is 16.8 Å². The van der Waals surface area contributed by atoms with Crippen molar-refractivity contribution in [3.8, 4) is 0 Å². The van der Waals surface area contributed by atoms with Gasteiger partial charge in [0.15, 0.2) is 5.82 Å². The molecular weight excluding hydrogens is 180 g/mol. The van der Waals surface area contributed by atoms with Crippen molar-refractivity contribution in [2.45, 2.75) is 0 Å². The van der Waals surface area contributed by atoms with Crippen LogP contribution in [0.5, 0.6) is 0 Å². The molecule has 0 atom stereocenters. The van der Waals surface area contributed by atoms with Crippen LogP contribution < -0.4 is 10.2 Å². The van der Waals surface area contributed by atoms with Gasteiger partial charge in [-0.25, -0.2) is 4.98 Å². The van der Waals surface area contributed by atoms with Crippen LogP contribution in [0, 0.1) is 6.42 Å². The Morgan fingerprint density at radius 2 is 2.50 bits per heavy atom. The van der Waals surface area contributed by atoms with Crippen molar-refractivity contribution in [1.82, 2.24) is 4.98 Å². The molecule has 0 aliphatic carbocycles. The summed E-state index contributed by atoms with van der Waals surface area (Å²) in [5.41, 5.74) is 0.878. The Morgan fingerprint density at radius 1 is 1.57 bits per heavy atom. The highest BCUT2D eigenvalue weighted by Gasteiger charge is 2.30. The zero-order valence-electron chi connectivity index (χ0n) is 7.19. The largest absolute Gasteiger partial charge is 0.322 e. The second kappa shape index (κ2) is 2.54. The summed E-state index contributed by atoms with van der Waals surface area (Å²) in [6.45, 7) is 0.411. The molecule has 1 aromatic heterocycles. The fraction of sp³-hybridized carbons (Fsp3) is 0.111. The van der Waals surface area contributed by atoms with Crippen LogP contribution in [0.4, 0.5) is 11.5 Å². The summed E-state index contributed by atoms with van der Waals surface area (Å²) < 4.78 is 0. The molecular formula is C9H6N4O. The third-order valence-electron chi connectivity index (χ3n) is 2.14. The van der Waals surface area contributed by atoms with E-state index in [0.29, 0.717) is 12.5 Å². The lowest BCUT2D eigenvalue weighted by atomic mass is 10.3. The molecule has 0 aromatic carbocycles. The van der Waals surface area contributed by atoms with E-state index in [1.54, 1.807) is 6.20 Å². The molecule has 0 fully saturated rings. The summed E-state index contributed by atoms with van der Waals surface area (Å²) in [6, 6.07) is 3.73. The van der Waals surface area contributed by atoms with E-state index in [1.165, 1.54) is 0 Å². The monoisotopic (exact) mass is 186 g/mol.